The predicted octanol–water partition coefficient (Wildman–Crippen LogP) is 2.03. The number of ether oxygens (including phenoxy) is 1. The largest absolute Gasteiger partial charge is 0.467 e. The maximum absolute atomic E-state index is 12.6. The normalized spacial score (nSPS) is 25.5. The molecule has 1 fully saturated rings. The average Bonchev–Trinajstić information content (AvgIpc) is 2.36. The third-order valence-corrected chi connectivity index (χ3v) is 3.42. The molecule has 0 heterocycles. The molecule has 1 amide bonds. The van der Waals surface area contributed by atoms with E-state index in [1.165, 1.54) is 14.0 Å². The van der Waals surface area contributed by atoms with E-state index in [1.54, 1.807) is 0 Å². The van der Waals surface area contributed by atoms with E-state index in [1.807, 2.05) is 0 Å². The van der Waals surface area contributed by atoms with Crippen LogP contribution in [0.1, 0.15) is 32.6 Å². The number of carbonyl (C=O) groups is 2. The molecule has 0 radical (unpaired) electrons. The van der Waals surface area contributed by atoms with Crippen molar-refractivity contribution in [3.8, 4) is 0 Å². The molecule has 0 aromatic rings. The smallest absolute Gasteiger partial charge is 0.391 e. The van der Waals surface area contributed by atoms with Crippen LogP contribution in [0, 0.1) is 11.8 Å². The number of hydrogen-bond acceptors (Lipinski definition) is 3. The Labute approximate surface area is 109 Å². The lowest BCUT2D eigenvalue weighted by Crippen LogP contribution is -2.44. The van der Waals surface area contributed by atoms with Gasteiger partial charge in [0, 0.05) is 5.92 Å². The Bertz CT molecular complexity index is 344. The molecule has 4 nitrogen and oxygen atoms in total. The first-order chi connectivity index (χ1) is 8.75. The van der Waals surface area contributed by atoms with Crippen molar-refractivity contribution in [2.45, 2.75) is 44.8 Å². The molecule has 0 aliphatic heterocycles. The van der Waals surface area contributed by atoms with Crippen LogP contribution in [0.3, 0.4) is 0 Å². The second kappa shape index (κ2) is 6.25. The summed E-state index contributed by atoms with van der Waals surface area (Å²) in [6, 6.07) is -0.844. The average molecular weight is 281 g/mol. The van der Waals surface area contributed by atoms with E-state index in [0.717, 1.165) is 0 Å². The third kappa shape index (κ3) is 4.40. The van der Waals surface area contributed by atoms with Crippen LogP contribution in [0.15, 0.2) is 0 Å². The molecule has 0 aromatic heterocycles. The predicted molar refractivity (Wildman–Crippen MR) is 61.1 cm³/mol. The van der Waals surface area contributed by atoms with Gasteiger partial charge in [-0.1, -0.05) is 6.42 Å². The number of nitrogens with one attached hydrogen (secondary N) is 1. The van der Waals surface area contributed by atoms with E-state index in [2.05, 4.69) is 10.1 Å². The molecule has 0 spiro atoms. The number of halogens is 3. The first-order valence-electron chi connectivity index (χ1n) is 6.20. The lowest BCUT2D eigenvalue weighted by atomic mass is 9.80. The molecule has 1 N–H and O–H groups in total. The summed E-state index contributed by atoms with van der Waals surface area (Å²) in [6.07, 6.45) is -3.60. The number of rotatable bonds is 3. The van der Waals surface area contributed by atoms with E-state index in [9.17, 15) is 22.8 Å². The summed E-state index contributed by atoms with van der Waals surface area (Å²) in [5, 5.41) is 2.39. The van der Waals surface area contributed by atoms with E-state index < -0.39 is 35.9 Å². The van der Waals surface area contributed by atoms with Crippen LogP contribution in [0.4, 0.5) is 13.2 Å². The molecule has 1 aliphatic rings. The summed E-state index contributed by atoms with van der Waals surface area (Å²) < 4.78 is 42.3. The molecular formula is C12H18F3NO3. The maximum Gasteiger partial charge on any atom is 0.391 e. The molecule has 0 aromatic carbocycles. The van der Waals surface area contributed by atoms with Crippen LogP contribution in [-0.2, 0) is 14.3 Å². The summed E-state index contributed by atoms with van der Waals surface area (Å²) >= 11 is 0. The van der Waals surface area contributed by atoms with Crippen molar-refractivity contribution >= 4 is 11.9 Å². The Kier molecular flexibility index (Phi) is 5.20. The molecule has 3 atom stereocenters. The quantitative estimate of drug-likeness (QED) is 0.805. The second-order valence-electron chi connectivity index (χ2n) is 4.86. The van der Waals surface area contributed by atoms with Gasteiger partial charge in [0.25, 0.3) is 0 Å². The van der Waals surface area contributed by atoms with Gasteiger partial charge < -0.3 is 10.1 Å². The van der Waals surface area contributed by atoms with Gasteiger partial charge in [0.15, 0.2) is 0 Å². The minimum absolute atomic E-state index is 0.0693. The SMILES string of the molecule is COC(=O)[C@H](C)NC(=O)C1CCCC(C(F)(F)F)C1. The molecular weight excluding hydrogens is 263 g/mol. The van der Waals surface area contributed by atoms with Crippen molar-refractivity contribution in [3.05, 3.63) is 0 Å². The number of esters is 1. The summed E-state index contributed by atoms with van der Waals surface area (Å²) in [4.78, 5) is 23.0. The molecule has 110 valence electrons. The van der Waals surface area contributed by atoms with Gasteiger partial charge in [-0.15, -0.1) is 0 Å². The van der Waals surface area contributed by atoms with E-state index >= 15 is 0 Å². The summed E-state index contributed by atoms with van der Waals surface area (Å²) in [5.41, 5.74) is 0. The van der Waals surface area contributed by atoms with Gasteiger partial charge >= 0.3 is 12.1 Å². The zero-order valence-electron chi connectivity index (χ0n) is 10.9. The van der Waals surface area contributed by atoms with Crippen molar-refractivity contribution in [3.63, 3.8) is 0 Å². The Morgan fingerprint density at radius 3 is 2.47 bits per heavy atom. The van der Waals surface area contributed by atoms with Crippen molar-refractivity contribution < 1.29 is 27.5 Å². The van der Waals surface area contributed by atoms with Crippen LogP contribution < -0.4 is 5.32 Å². The highest BCUT2D eigenvalue weighted by atomic mass is 19.4. The summed E-state index contributed by atoms with van der Waals surface area (Å²) in [6.45, 7) is 1.44. The molecule has 19 heavy (non-hydrogen) atoms. The lowest BCUT2D eigenvalue weighted by molar-refractivity contribution is -0.186. The second-order valence-corrected chi connectivity index (χ2v) is 4.86. The molecule has 1 aliphatic carbocycles. The van der Waals surface area contributed by atoms with E-state index in [0.29, 0.717) is 12.8 Å². The van der Waals surface area contributed by atoms with Crippen molar-refractivity contribution in [2.24, 2.45) is 11.8 Å². The van der Waals surface area contributed by atoms with Crippen LogP contribution >= 0.6 is 0 Å². The summed E-state index contributed by atoms with van der Waals surface area (Å²) in [5.74, 6) is -3.23. The van der Waals surface area contributed by atoms with Gasteiger partial charge in [-0.25, -0.2) is 4.79 Å². The van der Waals surface area contributed by atoms with Crippen LogP contribution in [0.5, 0.6) is 0 Å². The molecule has 2 unspecified atom stereocenters. The minimum atomic E-state index is -4.26. The topological polar surface area (TPSA) is 55.4 Å². The zero-order valence-corrected chi connectivity index (χ0v) is 10.9. The number of carbonyl (C=O) groups excluding carboxylic acids is 2. The number of methoxy groups -OCH3 is 1. The van der Waals surface area contributed by atoms with Gasteiger partial charge in [0.2, 0.25) is 5.91 Å². The highest BCUT2D eigenvalue weighted by molar-refractivity contribution is 5.85. The van der Waals surface area contributed by atoms with Gasteiger partial charge in [-0.2, -0.15) is 13.2 Å². The van der Waals surface area contributed by atoms with E-state index in [4.69, 9.17) is 0 Å². The Balaban J connectivity index is 2.55. The van der Waals surface area contributed by atoms with Gasteiger partial charge in [-0.3, -0.25) is 4.79 Å². The molecule has 1 rings (SSSR count). The lowest BCUT2D eigenvalue weighted by Gasteiger charge is -2.30. The highest BCUT2D eigenvalue weighted by Gasteiger charge is 2.43. The monoisotopic (exact) mass is 281 g/mol. The Morgan fingerprint density at radius 1 is 1.32 bits per heavy atom. The minimum Gasteiger partial charge on any atom is -0.467 e. The van der Waals surface area contributed by atoms with Crippen molar-refractivity contribution in [1.29, 1.82) is 0 Å². The standard InChI is InChI=1S/C12H18F3NO3/c1-7(11(18)19-2)16-10(17)8-4-3-5-9(6-8)12(13,14)15/h7-9H,3-6H2,1-2H3,(H,16,17)/t7-,8?,9?/m0/s1. The fourth-order valence-electron chi connectivity index (χ4n) is 2.29. The first-order valence-corrected chi connectivity index (χ1v) is 6.20. The third-order valence-electron chi connectivity index (χ3n) is 3.42. The number of hydrogen-bond donors (Lipinski definition) is 1. The van der Waals surface area contributed by atoms with Crippen LogP contribution in [0.25, 0.3) is 0 Å². The molecule has 0 bridgehead atoms. The van der Waals surface area contributed by atoms with Crippen molar-refractivity contribution in [1.82, 2.24) is 5.32 Å². The zero-order chi connectivity index (χ0) is 14.6. The highest BCUT2D eigenvalue weighted by Crippen LogP contribution is 2.39. The Morgan fingerprint density at radius 2 is 1.95 bits per heavy atom. The molecule has 0 saturated heterocycles. The Hall–Kier alpha value is -1.27. The number of amides is 1. The maximum atomic E-state index is 12.6. The van der Waals surface area contributed by atoms with Gasteiger partial charge in [0.1, 0.15) is 6.04 Å². The van der Waals surface area contributed by atoms with Crippen molar-refractivity contribution in [2.75, 3.05) is 7.11 Å². The molecule has 7 heteroatoms. The van der Waals surface area contributed by atoms with Crippen LogP contribution in [-0.4, -0.2) is 31.2 Å². The van der Waals surface area contributed by atoms with Gasteiger partial charge in [0.05, 0.1) is 13.0 Å². The molecule has 1 saturated carbocycles. The van der Waals surface area contributed by atoms with Gasteiger partial charge in [-0.05, 0) is 26.2 Å². The first kappa shape index (κ1) is 15.8. The van der Waals surface area contributed by atoms with Crippen LogP contribution in [0.2, 0.25) is 0 Å². The fourth-order valence-corrected chi connectivity index (χ4v) is 2.29. The number of alkyl halides is 3. The summed E-state index contributed by atoms with van der Waals surface area (Å²) in [7, 11) is 1.19. The van der Waals surface area contributed by atoms with E-state index in [-0.39, 0.29) is 12.8 Å². The fraction of sp³-hybridized carbons (Fsp3) is 0.833.